The minimum Gasteiger partial charge on any atom is -0.465 e. The molecule has 2 aliphatic heterocycles. The van der Waals surface area contributed by atoms with Crippen molar-refractivity contribution >= 4 is 11.9 Å². The SMILES string of the molecule is CC1CC(C(=O)OCCCOC(=O)C2CCOC(C)C2)CCO1. The van der Waals surface area contributed by atoms with Gasteiger partial charge in [0.25, 0.3) is 0 Å². The standard InChI is InChI=1S/C17H28O6/c1-12-10-14(4-8-20-12)16(18)22-6-3-7-23-17(19)15-5-9-21-13(2)11-15/h12-15H,3-11H2,1-2H3. The van der Waals surface area contributed by atoms with Gasteiger partial charge in [-0.05, 0) is 39.5 Å². The van der Waals surface area contributed by atoms with Crippen LogP contribution < -0.4 is 0 Å². The highest BCUT2D eigenvalue weighted by Crippen LogP contribution is 2.22. The van der Waals surface area contributed by atoms with Crippen molar-refractivity contribution in [1.29, 1.82) is 0 Å². The van der Waals surface area contributed by atoms with Gasteiger partial charge in [0.1, 0.15) is 0 Å². The maximum atomic E-state index is 11.9. The van der Waals surface area contributed by atoms with Gasteiger partial charge in [-0.25, -0.2) is 0 Å². The molecule has 0 N–H and O–H groups in total. The maximum Gasteiger partial charge on any atom is 0.309 e. The van der Waals surface area contributed by atoms with E-state index in [4.69, 9.17) is 18.9 Å². The second-order valence-electron chi connectivity index (χ2n) is 6.49. The van der Waals surface area contributed by atoms with Crippen LogP contribution in [0.4, 0.5) is 0 Å². The van der Waals surface area contributed by atoms with E-state index in [2.05, 4.69) is 0 Å². The molecule has 0 spiro atoms. The van der Waals surface area contributed by atoms with Gasteiger partial charge in [0.05, 0.1) is 37.3 Å². The van der Waals surface area contributed by atoms with Crippen LogP contribution in [0.5, 0.6) is 0 Å². The minimum atomic E-state index is -0.162. The van der Waals surface area contributed by atoms with Gasteiger partial charge in [-0.2, -0.15) is 0 Å². The van der Waals surface area contributed by atoms with Crippen LogP contribution in [0.2, 0.25) is 0 Å². The van der Waals surface area contributed by atoms with E-state index in [1.165, 1.54) is 0 Å². The predicted molar refractivity (Wildman–Crippen MR) is 82.8 cm³/mol. The Hall–Kier alpha value is -1.14. The number of ether oxygens (including phenoxy) is 4. The Morgan fingerprint density at radius 2 is 1.30 bits per heavy atom. The van der Waals surface area contributed by atoms with Crippen LogP contribution in [-0.4, -0.2) is 50.6 Å². The summed E-state index contributed by atoms with van der Waals surface area (Å²) in [4.78, 5) is 23.8. The second kappa shape index (κ2) is 9.23. The molecule has 6 nitrogen and oxygen atoms in total. The highest BCUT2D eigenvalue weighted by atomic mass is 16.5. The normalized spacial score (nSPS) is 31.4. The zero-order valence-electron chi connectivity index (χ0n) is 14.1. The molecule has 2 aliphatic rings. The smallest absolute Gasteiger partial charge is 0.309 e. The molecular weight excluding hydrogens is 300 g/mol. The van der Waals surface area contributed by atoms with E-state index in [9.17, 15) is 9.59 Å². The largest absolute Gasteiger partial charge is 0.465 e. The Bertz CT molecular complexity index is 361. The highest BCUT2D eigenvalue weighted by molar-refractivity contribution is 5.73. The molecular formula is C17H28O6. The summed E-state index contributed by atoms with van der Waals surface area (Å²) in [6, 6.07) is 0. The van der Waals surface area contributed by atoms with Crippen LogP contribution >= 0.6 is 0 Å². The van der Waals surface area contributed by atoms with Crippen molar-refractivity contribution in [2.24, 2.45) is 11.8 Å². The van der Waals surface area contributed by atoms with Gasteiger partial charge >= 0.3 is 11.9 Å². The van der Waals surface area contributed by atoms with E-state index in [1.807, 2.05) is 13.8 Å². The Kier molecular flexibility index (Phi) is 7.30. The Morgan fingerprint density at radius 1 is 0.870 bits per heavy atom. The summed E-state index contributed by atoms with van der Waals surface area (Å²) in [5, 5.41) is 0. The number of rotatable bonds is 6. The van der Waals surface area contributed by atoms with Gasteiger partial charge in [0.2, 0.25) is 0 Å². The van der Waals surface area contributed by atoms with Crippen molar-refractivity contribution in [3.8, 4) is 0 Å². The predicted octanol–water partition coefficient (Wildman–Crippen LogP) is 2.09. The fraction of sp³-hybridized carbons (Fsp3) is 0.882. The molecule has 0 aliphatic carbocycles. The molecule has 2 fully saturated rings. The first-order chi connectivity index (χ1) is 11.1. The van der Waals surface area contributed by atoms with Crippen LogP contribution in [0.1, 0.15) is 46.0 Å². The third-order valence-electron chi connectivity index (χ3n) is 4.41. The van der Waals surface area contributed by atoms with Crippen LogP contribution in [0.3, 0.4) is 0 Å². The monoisotopic (exact) mass is 328 g/mol. The van der Waals surface area contributed by atoms with E-state index in [0.29, 0.717) is 32.8 Å². The lowest BCUT2D eigenvalue weighted by atomic mass is 9.96. The van der Waals surface area contributed by atoms with Crippen molar-refractivity contribution in [1.82, 2.24) is 0 Å². The first-order valence-electron chi connectivity index (χ1n) is 8.62. The topological polar surface area (TPSA) is 71.1 Å². The molecule has 2 saturated heterocycles. The van der Waals surface area contributed by atoms with Crippen molar-refractivity contribution in [3.05, 3.63) is 0 Å². The van der Waals surface area contributed by atoms with E-state index >= 15 is 0 Å². The minimum absolute atomic E-state index is 0.0648. The molecule has 0 aromatic carbocycles. The summed E-state index contributed by atoms with van der Waals surface area (Å²) in [5.41, 5.74) is 0. The second-order valence-corrected chi connectivity index (χ2v) is 6.49. The summed E-state index contributed by atoms with van der Waals surface area (Å²) in [5.74, 6) is -0.454. The molecule has 132 valence electrons. The summed E-state index contributed by atoms with van der Waals surface area (Å²) in [6.07, 6.45) is 3.65. The van der Waals surface area contributed by atoms with Gasteiger partial charge in [-0.1, -0.05) is 0 Å². The Labute approximate surface area is 137 Å². The van der Waals surface area contributed by atoms with Gasteiger partial charge in [0, 0.05) is 19.6 Å². The van der Waals surface area contributed by atoms with Crippen LogP contribution in [0.25, 0.3) is 0 Å². The summed E-state index contributed by atoms with van der Waals surface area (Å²) in [7, 11) is 0. The van der Waals surface area contributed by atoms with Crippen LogP contribution in [0, 0.1) is 11.8 Å². The lowest BCUT2D eigenvalue weighted by Crippen LogP contribution is -2.30. The van der Waals surface area contributed by atoms with Crippen LogP contribution in [-0.2, 0) is 28.5 Å². The van der Waals surface area contributed by atoms with Crippen molar-refractivity contribution in [2.75, 3.05) is 26.4 Å². The molecule has 0 aromatic rings. The lowest BCUT2D eigenvalue weighted by Gasteiger charge is -2.26. The number of carbonyl (C=O) groups excluding carboxylic acids is 2. The Morgan fingerprint density at radius 3 is 1.70 bits per heavy atom. The summed E-state index contributed by atoms with van der Waals surface area (Å²) < 4.78 is 21.4. The van der Waals surface area contributed by atoms with Gasteiger partial charge in [-0.15, -0.1) is 0 Å². The number of esters is 2. The first kappa shape index (κ1) is 18.2. The zero-order valence-corrected chi connectivity index (χ0v) is 14.1. The van der Waals surface area contributed by atoms with Crippen molar-refractivity contribution in [3.63, 3.8) is 0 Å². The average molecular weight is 328 g/mol. The fourth-order valence-electron chi connectivity index (χ4n) is 3.06. The number of hydrogen-bond acceptors (Lipinski definition) is 6. The summed E-state index contributed by atoms with van der Waals surface area (Å²) in [6.45, 7) is 5.75. The van der Waals surface area contributed by atoms with Gasteiger partial charge in [-0.3, -0.25) is 9.59 Å². The molecule has 2 heterocycles. The van der Waals surface area contributed by atoms with E-state index in [1.54, 1.807) is 0 Å². The molecule has 4 atom stereocenters. The van der Waals surface area contributed by atoms with E-state index in [0.717, 1.165) is 25.7 Å². The third kappa shape index (κ3) is 6.11. The fourth-order valence-corrected chi connectivity index (χ4v) is 3.06. The quantitative estimate of drug-likeness (QED) is 0.549. The van der Waals surface area contributed by atoms with E-state index < -0.39 is 0 Å². The van der Waals surface area contributed by atoms with Crippen molar-refractivity contribution < 1.29 is 28.5 Å². The maximum absolute atomic E-state index is 11.9. The molecule has 0 saturated carbocycles. The molecule has 0 amide bonds. The molecule has 2 rings (SSSR count). The number of hydrogen-bond donors (Lipinski definition) is 0. The molecule has 0 radical (unpaired) electrons. The summed E-state index contributed by atoms with van der Waals surface area (Å²) >= 11 is 0. The number of carbonyl (C=O) groups is 2. The highest BCUT2D eigenvalue weighted by Gasteiger charge is 2.28. The first-order valence-corrected chi connectivity index (χ1v) is 8.62. The van der Waals surface area contributed by atoms with E-state index in [-0.39, 0.29) is 36.0 Å². The lowest BCUT2D eigenvalue weighted by molar-refractivity contribution is -0.156. The molecule has 0 bridgehead atoms. The molecule has 0 aromatic heterocycles. The van der Waals surface area contributed by atoms with Gasteiger partial charge < -0.3 is 18.9 Å². The third-order valence-corrected chi connectivity index (χ3v) is 4.41. The van der Waals surface area contributed by atoms with Crippen molar-refractivity contribution in [2.45, 2.75) is 58.2 Å². The van der Waals surface area contributed by atoms with Gasteiger partial charge in [0.15, 0.2) is 0 Å². The molecule has 23 heavy (non-hydrogen) atoms. The average Bonchev–Trinajstić information content (AvgIpc) is 2.54. The Balaban J connectivity index is 1.55. The zero-order chi connectivity index (χ0) is 16.7. The molecule has 4 unspecified atom stereocenters. The molecule has 6 heteroatoms. The van der Waals surface area contributed by atoms with Crippen LogP contribution in [0.15, 0.2) is 0 Å².